The van der Waals surface area contributed by atoms with Crippen LogP contribution in [-0.4, -0.2) is 33.4 Å². The molecular formula is C18H15BrN4O5S. The molecule has 11 heteroatoms. The third-order valence-corrected chi connectivity index (χ3v) is 5.10. The average Bonchev–Trinajstić information content (AvgIpc) is 3.17. The van der Waals surface area contributed by atoms with Crippen molar-refractivity contribution in [2.24, 2.45) is 0 Å². The summed E-state index contributed by atoms with van der Waals surface area (Å²) in [4.78, 5) is 22.9. The largest absolute Gasteiger partial charge is 0.494 e. The van der Waals surface area contributed by atoms with Crippen molar-refractivity contribution in [2.75, 3.05) is 17.7 Å². The molecule has 0 fully saturated rings. The van der Waals surface area contributed by atoms with Crippen LogP contribution < -0.4 is 10.1 Å². The van der Waals surface area contributed by atoms with Crippen molar-refractivity contribution in [3.63, 3.8) is 0 Å². The summed E-state index contributed by atoms with van der Waals surface area (Å²) < 4.78 is 11.6. The Labute approximate surface area is 178 Å². The Balaban J connectivity index is 1.64. The molecule has 0 radical (unpaired) electrons. The van der Waals surface area contributed by atoms with Crippen LogP contribution in [-0.2, 0) is 4.79 Å². The second kappa shape index (κ2) is 9.52. The number of nitrogens with zero attached hydrogens (tertiary/aromatic N) is 3. The number of benzene rings is 2. The number of nitro groups is 1. The predicted octanol–water partition coefficient (Wildman–Crippen LogP) is 4.54. The fourth-order valence-corrected chi connectivity index (χ4v) is 3.37. The number of carbonyl (C=O) groups is 1. The Kier molecular flexibility index (Phi) is 6.83. The molecule has 0 saturated carbocycles. The summed E-state index contributed by atoms with van der Waals surface area (Å²) in [6.07, 6.45) is 0. The van der Waals surface area contributed by atoms with E-state index < -0.39 is 10.8 Å². The standard InChI is InChI=1S/C18H15BrN4O5S/c1-2-27-11-7-8-14(15(9-11)23(25)26)20-16(24)10-29-18-22-21-17(28-18)12-5-3-4-6-13(12)19/h3-9H,2,10H2,1H3,(H,20,24). The maximum absolute atomic E-state index is 12.2. The number of aromatic nitrogens is 2. The molecule has 0 unspecified atom stereocenters. The molecule has 2 aromatic carbocycles. The Morgan fingerprint density at radius 1 is 1.31 bits per heavy atom. The monoisotopic (exact) mass is 478 g/mol. The predicted molar refractivity (Wildman–Crippen MR) is 111 cm³/mol. The molecule has 0 aliphatic heterocycles. The third-order valence-electron chi connectivity index (χ3n) is 3.59. The lowest BCUT2D eigenvalue weighted by Gasteiger charge is -2.07. The Morgan fingerprint density at radius 3 is 2.83 bits per heavy atom. The van der Waals surface area contributed by atoms with Gasteiger partial charge in [0.05, 0.1) is 28.9 Å². The van der Waals surface area contributed by atoms with E-state index in [2.05, 4.69) is 31.4 Å². The molecule has 0 saturated heterocycles. The molecule has 1 amide bonds. The van der Waals surface area contributed by atoms with Crippen LogP contribution in [0, 0.1) is 10.1 Å². The smallest absolute Gasteiger partial charge is 0.296 e. The summed E-state index contributed by atoms with van der Waals surface area (Å²) in [5, 5.41) is 21.9. The van der Waals surface area contributed by atoms with Gasteiger partial charge >= 0.3 is 0 Å². The number of ether oxygens (including phenoxy) is 1. The fourth-order valence-electron chi connectivity index (χ4n) is 2.35. The van der Waals surface area contributed by atoms with Crippen molar-refractivity contribution in [1.29, 1.82) is 0 Å². The Bertz CT molecular complexity index is 1040. The van der Waals surface area contributed by atoms with E-state index in [-0.39, 0.29) is 22.4 Å². The molecule has 0 atom stereocenters. The summed E-state index contributed by atoms with van der Waals surface area (Å²) in [5.74, 6) is 0.185. The summed E-state index contributed by atoms with van der Waals surface area (Å²) in [5.41, 5.74) is 0.577. The normalized spacial score (nSPS) is 10.6. The van der Waals surface area contributed by atoms with Crippen LogP contribution in [0.4, 0.5) is 11.4 Å². The zero-order valence-corrected chi connectivity index (χ0v) is 17.5. The van der Waals surface area contributed by atoms with Gasteiger partial charge in [0.25, 0.3) is 10.9 Å². The Morgan fingerprint density at radius 2 is 2.10 bits per heavy atom. The average molecular weight is 479 g/mol. The second-order valence-electron chi connectivity index (χ2n) is 5.56. The number of hydrogen-bond acceptors (Lipinski definition) is 8. The van der Waals surface area contributed by atoms with Crippen LogP contribution in [0.3, 0.4) is 0 Å². The van der Waals surface area contributed by atoms with Crippen LogP contribution >= 0.6 is 27.7 Å². The minimum Gasteiger partial charge on any atom is -0.494 e. The molecule has 29 heavy (non-hydrogen) atoms. The molecule has 0 aliphatic rings. The number of hydrogen-bond donors (Lipinski definition) is 1. The van der Waals surface area contributed by atoms with E-state index in [0.29, 0.717) is 18.2 Å². The highest BCUT2D eigenvalue weighted by Crippen LogP contribution is 2.31. The second-order valence-corrected chi connectivity index (χ2v) is 7.34. The van der Waals surface area contributed by atoms with Crippen molar-refractivity contribution in [2.45, 2.75) is 12.1 Å². The molecule has 1 aromatic heterocycles. The number of anilines is 1. The van der Waals surface area contributed by atoms with Crippen molar-refractivity contribution in [3.05, 3.63) is 57.1 Å². The van der Waals surface area contributed by atoms with Crippen LogP contribution in [0.15, 0.2) is 56.6 Å². The first kappa shape index (κ1) is 20.8. The van der Waals surface area contributed by atoms with E-state index in [0.717, 1.165) is 21.8 Å². The van der Waals surface area contributed by atoms with Gasteiger partial charge in [0.15, 0.2) is 0 Å². The molecule has 3 rings (SSSR count). The van der Waals surface area contributed by atoms with E-state index in [1.807, 2.05) is 24.3 Å². The lowest BCUT2D eigenvalue weighted by molar-refractivity contribution is -0.384. The van der Waals surface area contributed by atoms with Gasteiger partial charge in [-0.15, -0.1) is 10.2 Å². The number of thioether (sulfide) groups is 1. The highest BCUT2D eigenvalue weighted by Gasteiger charge is 2.18. The van der Waals surface area contributed by atoms with E-state index in [1.54, 1.807) is 13.0 Å². The minimum atomic E-state index is -0.576. The summed E-state index contributed by atoms with van der Waals surface area (Å²) in [6.45, 7) is 2.16. The lowest BCUT2D eigenvalue weighted by atomic mass is 10.2. The number of halogens is 1. The quantitative estimate of drug-likeness (QED) is 0.284. The molecule has 1 heterocycles. The Hall–Kier alpha value is -2.92. The van der Waals surface area contributed by atoms with Gasteiger partial charge in [0.1, 0.15) is 11.4 Å². The first-order valence-corrected chi connectivity index (χ1v) is 10.2. The maximum atomic E-state index is 12.2. The molecule has 9 nitrogen and oxygen atoms in total. The first-order chi connectivity index (χ1) is 14.0. The molecule has 0 bridgehead atoms. The van der Waals surface area contributed by atoms with Gasteiger partial charge in [-0.3, -0.25) is 14.9 Å². The van der Waals surface area contributed by atoms with Crippen molar-refractivity contribution in [1.82, 2.24) is 10.2 Å². The first-order valence-electron chi connectivity index (χ1n) is 8.40. The van der Waals surface area contributed by atoms with E-state index in [9.17, 15) is 14.9 Å². The summed E-state index contributed by atoms with van der Waals surface area (Å²) >= 11 is 4.44. The van der Waals surface area contributed by atoms with Gasteiger partial charge in [-0.1, -0.05) is 23.9 Å². The van der Waals surface area contributed by atoms with Crippen LogP contribution in [0.1, 0.15) is 6.92 Å². The maximum Gasteiger partial charge on any atom is 0.296 e. The lowest BCUT2D eigenvalue weighted by Crippen LogP contribution is -2.15. The van der Waals surface area contributed by atoms with Crippen LogP contribution in [0.2, 0.25) is 0 Å². The van der Waals surface area contributed by atoms with Gasteiger partial charge in [0.2, 0.25) is 11.8 Å². The number of nitrogens with one attached hydrogen (secondary N) is 1. The molecule has 3 aromatic rings. The molecular weight excluding hydrogens is 464 g/mol. The topological polar surface area (TPSA) is 120 Å². The zero-order chi connectivity index (χ0) is 20.8. The summed E-state index contributed by atoms with van der Waals surface area (Å²) in [6, 6.07) is 11.6. The van der Waals surface area contributed by atoms with Crippen LogP contribution in [0.25, 0.3) is 11.5 Å². The summed E-state index contributed by atoms with van der Waals surface area (Å²) in [7, 11) is 0. The van der Waals surface area contributed by atoms with Crippen molar-refractivity contribution < 1.29 is 18.9 Å². The number of rotatable bonds is 8. The SMILES string of the molecule is CCOc1ccc(NC(=O)CSc2nnc(-c3ccccc3Br)o2)c([N+](=O)[O-])c1. The number of amides is 1. The number of carbonyl (C=O) groups excluding carboxylic acids is 1. The fraction of sp³-hybridized carbons (Fsp3) is 0.167. The molecule has 1 N–H and O–H groups in total. The van der Waals surface area contributed by atoms with Gasteiger partial charge in [-0.05, 0) is 47.1 Å². The highest BCUT2D eigenvalue weighted by molar-refractivity contribution is 9.10. The minimum absolute atomic E-state index is 0.0536. The zero-order valence-electron chi connectivity index (χ0n) is 15.1. The van der Waals surface area contributed by atoms with Crippen molar-refractivity contribution >= 4 is 45.0 Å². The van der Waals surface area contributed by atoms with Crippen LogP contribution in [0.5, 0.6) is 5.75 Å². The van der Waals surface area contributed by atoms with E-state index in [4.69, 9.17) is 9.15 Å². The van der Waals surface area contributed by atoms with Gasteiger partial charge in [-0.2, -0.15) is 0 Å². The van der Waals surface area contributed by atoms with Gasteiger partial charge < -0.3 is 14.5 Å². The molecule has 150 valence electrons. The van der Waals surface area contributed by atoms with Gasteiger partial charge in [-0.25, -0.2) is 0 Å². The van der Waals surface area contributed by atoms with Gasteiger partial charge in [0, 0.05) is 4.47 Å². The molecule has 0 aliphatic carbocycles. The van der Waals surface area contributed by atoms with Crippen molar-refractivity contribution in [3.8, 4) is 17.2 Å². The van der Waals surface area contributed by atoms with E-state index in [1.165, 1.54) is 12.1 Å². The van der Waals surface area contributed by atoms with E-state index >= 15 is 0 Å². The third kappa shape index (κ3) is 5.33. The highest BCUT2D eigenvalue weighted by atomic mass is 79.9. The molecule has 0 spiro atoms. The number of nitro benzene ring substituents is 1.